The first-order chi connectivity index (χ1) is 11.5. The van der Waals surface area contributed by atoms with Crippen LogP contribution in [0.2, 0.25) is 0 Å². The van der Waals surface area contributed by atoms with E-state index in [0.29, 0.717) is 18.4 Å². The van der Waals surface area contributed by atoms with E-state index in [-0.39, 0.29) is 17.9 Å². The maximum atomic E-state index is 13.2. The number of carbonyl (C=O) groups is 1. The Balaban J connectivity index is 1.66. The van der Waals surface area contributed by atoms with Crippen LogP contribution < -0.4 is 5.32 Å². The van der Waals surface area contributed by atoms with Crippen LogP contribution in [0.1, 0.15) is 50.1 Å². The number of hydrogen-bond acceptors (Lipinski definition) is 2. The molecule has 0 bridgehead atoms. The van der Waals surface area contributed by atoms with Gasteiger partial charge in [-0.1, -0.05) is 25.0 Å². The largest absolute Gasteiger partial charge is 0.391 e. The van der Waals surface area contributed by atoms with Crippen LogP contribution in [0.15, 0.2) is 24.3 Å². The van der Waals surface area contributed by atoms with E-state index in [2.05, 4.69) is 5.32 Å². The van der Waals surface area contributed by atoms with Gasteiger partial charge < -0.3 is 15.3 Å². The molecule has 0 aromatic heterocycles. The second-order valence-corrected chi connectivity index (χ2v) is 7.31. The minimum Gasteiger partial charge on any atom is -0.391 e. The van der Waals surface area contributed by atoms with Crippen LogP contribution in [0, 0.1) is 17.7 Å². The number of urea groups is 1. The molecule has 1 aromatic rings. The number of aliphatic hydroxyl groups is 1. The van der Waals surface area contributed by atoms with E-state index >= 15 is 0 Å². The molecule has 0 heterocycles. The van der Waals surface area contributed by atoms with Crippen LogP contribution in [-0.2, 0) is 0 Å². The van der Waals surface area contributed by atoms with E-state index < -0.39 is 6.10 Å². The summed E-state index contributed by atoms with van der Waals surface area (Å²) in [6.07, 6.45) is 6.18. The van der Waals surface area contributed by atoms with E-state index in [1.807, 2.05) is 0 Å². The van der Waals surface area contributed by atoms with Crippen molar-refractivity contribution in [2.24, 2.45) is 11.8 Å². The van der Waals surface area contributed by atoms with Gasteiger partial charge in [-0.3, -0.25) is 0 Å². The summed E-state index contributed by atoms with van der Waals surface area (Å²) in [5.41, 5.74) is 0.952. The lowest BCUT2D eigenvalue weighted by Gasteiger charge is -2.29. The molecule has 2 amide bonds. The second-order valence-electron chi connectivity index (χ2n) is 7.31. The van der Waals surface area contributed by atoms with Gasteiger partial charge in [-0.15, -0.1) is 0 Å². The number of nitrogens with one attached hydrogen (secondary N) is 1. The first-order valence-electron chi connectivity index (χ1n) is 8.99. The van der Waals surface area contributed by atoms with Crippen molar-refractivity contribution in [2.75, 3.05) is 13.6 Å². The van der Waals surface area contributed by atoms with E-state index in [9.17, 15) is 14.3 Å². The van der Waals surface area contributed by atoms with Crippen molar-refractivity contribution in [3.63, 3.8) is 0 Å². The molecule has 24 heavy (non-hydrogen) atoms. The zero-order valence-electron chi connectivity index (χ0n) is 14.2. The molecule has 2 fully saturated rings. The number of carbonyl (C=O) groups excluding carboxylic acids is 1. The monoisotopic (exact) mass is 334 g/mol. The third kappa shape index (κ3) is 4.26. The summed E-state index contributed by atoms with van der Waals surface area (Å²) in [6.45, 7) is 0.358. The van der Waals surface area contributed by atoms with Crippen LogP contribution in [0.25, 0.3) is 0 Å². The van der Waals surface area contributed by atoms with Gasteiger partial charge in [0.25, 0.3) is 0 Å². The molecule has 3 rings (SSSR count). The standard InChI is InChI=1S/C19H27FN2O2/c1-22(12-17(23)13-6-7-13)19(24)21-18(14-4-2-3-5-14)15-8-10-16(20)11-9-15/h8-11,13-14,17-18,23H,2-7,12H2,1H3,(H,21,24). The van der Waals surface area contributed by atoms with Gasteiger partial charge in [-0.2, -0.15) is 0 Å². The van der Waals surface area contributed by atoms with E-state index in [4.69, 9.17) is 0 Å². The van der Waals surface area contributed by atoms with Crippen LogP contribution in [0.3, 0.4) is 0 Å². The average molecular weight is 334 g/mol. The summed E-state index contributed by atoms with van der Waals surface area (Å²) in [7, 11) is 1.72. The van der Waals surface area contributed by atoms with E-state index in [1.165, 1.54) is 25.0 Å². The summed E-state index contributed by atoms with van der Waals surface area (Å²) in [4.78, 5) is 14.1. The molecular weight excluding hydrogens is 307 g/mol. The van der Waals surface area contributed by atoms with Gasteiger partial charge in [0.2, 0.25) is 0 Å². The summed E-state index contributed by atoms with van der Waals surface area (Å²) >= 11 is 0. The molecule has 1 aromatic carbocycles. The fourth-order valence-corrected chi connectivity index (χ4v) is 3.67. The number of amides is 2. The number of aliphatic hydroxyl groups excluding tert-OH is 1. The smallest absolute Gasteiger partial charge is 0.317 e. The fourth-order valence-electron chi connectivity index (χ4n) is 3.67. The summed E-state index contributed by atoms with van der Waals surface area (Å²) in [5, 5.41) is 13.2. The SMILES string of the molecule is CN(CC(O)C1CC1)C(=O)NC(c1ccc(F)cc1)C1CCCC1. The van der Waals surface area contributed by atoms with Crippen molar-refractivity contribution in [1.82, 2.24) is 10.2 Å². The predicted molar refractivity (Wildman–Crippen MR) is 91.0 cm³/mol. The molecule has 2 N–H and O–H groups in total. The third-order valence-corrected chi connectivity index (χ3v) is 5.35. The Morgan fingerprint density at radius 2 is 1.83 bits per heavy atom. The van der Waals surface area contributed by atoms with Crippen molar-refractivity contribution in [1.29, 1.82) is 0 Å². The predicted octanol–water partition coefficient (Wildman–Crippen LogP) is 3.47. The van der Waals surface area contributed by atoms with Crippen LogP contribution in [0.4, 0.5) is 9.18 Å². The number of nitrogens with zero attached hydrogens (tertiary/aromatic N) is 1. The zero-order chi connectivity index (χ0) is 17.1. The number of rotatable bonds is 6. The van der Waals surface area contributed by atoms with Crippen molar-refractivity contribution in [3.8, 4) is 0 Å². The lowest BCUT2D eigenvalue weighted by Crippen LogP contribution is -2.44. The molecule has 4 nitrogen and oxygen atoms in total. The quantitative estimate of drug-likeness (QED) is 0.837. The Kier molecular flexibility index (Phi) is 5.39. The topological polar surface area (TPSA) is 52.6 Å². The molecule has 0 saturated heterocycles. The van der Waals surface area contributed by atoms with Crippen molar-refractivity contribution >= 4 is 6.03 Å². The Labute approximate surface area is 143 Å². The summed E-state index contributed by atoms with van der Waals surface area (Å²) in [6, 6.07) is 6.15. The van der Waals surface area contributed by atoms with Gasteiger partial charge in [0.15, 0.2) is 0 Å². The highest BCUT2D eigenvalue weighted by Crippen LogP contribution is 2.36. The van der Waals surface area contributed by atoms with Gasteiger partial charge in [-0.25, -0.2) is 9.18 Å². The molecule has 2 saturated carbocycles. The molecule has 2 aliphatic rings. The van der Waals surface area contributed by atoms with Gasteiger partial charge in [0.1, 0.15) is 5.82 Å². The van der Waals surface area contributed by atoms with E-state index in [1.54, 1.807) is 24.1 Å². The number of likely N-dealkylation sites (N-methyl/N-ethyl adjacent to an activating group) is 1. The number of hydrogen-bond donors (Lipinski definition) is 2. The Morgan fingerprint density at radius 3 is 2.42 bits per heavy atom. The highest BCUT2D eigenvalue weighted by Gasteiger charge is 2.32. The highest BCUT2D eigenvalue weighted by atomic mass is 19.1. The number of benzene rings is 1. The second kappa shape index (κ2) is 7.51. The summed E-state index contributed by atoms with van der Waals surface area (Å²) in [5.74, 6) is 0.476. The van der Waals surface area contributed by atoms with Crippen molar-refractivity contribution in [3.05, 3.63) is 35.6 Å². The van der Waals surface area contributed by atoms with Gasteiger partial charge in [0.05, 0.1) is 12.1 Å². The van der Waals surface area contributed by atoms with Crippen LogP contribution in [0.5, 0.6) is 0 Å². The molecular formula is C19H27FN2O2. The van der Waals surface area contributed by atoms with E-state index in [0.717, 1.165) is 31.2 Å². The Hall–Kier alpha value is -1.62. The lowest BCUT2D eigenvalue weighted by molar-refractivity contribution is 0.111. The number of halogens is 1. The maximum absolute atomic E-state index is 13.2. The Bertz CT molecular complexity index is 553. The molecule has 2 aliphatic carbocycles. The minimum absolute atomic E-state index is 0.0962. The minimum atomic E-state index is -0.434. The average Bonchev–Trinajstić information content (AvgIpc) is 3.29. The maximum Gasteiger partial charge on any atom is 0.317 e. The zero-order valence-corrected chi connectivity index (χ0v) is 14.2. The normalized spacial score (nSPS) is 20.6. The molecule has 132 valence electrons. The van der Waals surface area contributed by atoms with Crippen molar-refractivity contribution < 1.29 is 14.3 Å². The van der Waals surface area contributed by atoms with Crippen LogP contribution in [-0.4, -0.2) is 35.7 Å². The third-order valence-electron chi connectivity index (χ3n) is 5.35. The lowest BCUT2D eigenvalue weighted by atomic mass is 9.91. The first kappa shape index (κ1) is 17.2. The molecule has 0 spiro atoms. The van der Waals surface area contributed by atoms with Crippen molar-refractivity contribution in [2.45, 2.75) is 50.7 Å². The van der Waals surface area contributed by atoms with Gasteiger partial charge in [-0.05, 0) is 55.2 Å². The van der Waals surface area contributed by atoms with Gasteiger partial charge in [0, 0.05) is 13.6 Å². The molecule has 0 aliphatic heterocycles. The molecule has 0 radical (unpaired) electrons. The fraction of sp³-hybridized carbons (Fsp3) is 0.632. The highest BCUT2D eigenvalue weighted by molar-refractivity contribution is 5.74. The molecule has 2 atom stereocenters. The van der Waals surface area contributed by atoms with Crippen LogP contribution >= 0.6 is 0 Å². The first-order valence-corrected chi connectivity index (χ1v) is 8.99. The Morgan fingerprint density at radius 1 is 1.21 bits per heavy atom. The molecule has 2 unspecified atom stereocenters. The molecule has 5 heteroatoms. The van der Waals surface area contributed by atoms with Gasteiger partial charge >= 0.3 is 6.03 Å². The summed E-state index contributed by atoms with van der Waals surface area (Å²) < 4.78 is 13.2.